The monoisotopic (exact) mass is 539 g/mol. The van der Waals surface area contributed by atoms with Gasteiger partial charge in [-0.3, -0.25) is 4.79 Å². The van der Waals surface area contributed by atoms with Gasteiger partial charge in [-0.1, -0.05) is 26.0 Å². The normalized spacial score (nSPS) is 19.8. The van der Waals surface area contributed by atoms with Gasteiger partial charge in [0, 0.05) is 29.8 Å². The smallest absolute Gasteiger partial charge is 0.268 e. The molecule has 1 amide bonds. The number of phenolic OH excluding ortho intramolecular Hbond substituents is 1. The number of carbonyl (C=O) groups excluding carboxylic acids is 1. The minimum Gasteiger partial charge on any atom is -0.507 e. The number of rotatable bonds is 8. The molecule has 1 aliphatic carbocycles. The van der Waals surface area contributed by atoms with E-state index in [1.807, 2.05) is 4.90 Å². The van der Waals surface area contributed by atoms with Gasteiger partial charge in [0.25, 0.3) is 15.9 Å². The van der Waals surface area contributed by atoms with Gasteiger partial charge in [0.15, 0.2) is 5.82 Å². The van der Waals surface area contributed by atoms with Crippen LogP contribution in [0.2, 0.25) is 0 Å². The number of carbonyl (C=O) groups is 1. The Bertz CT molecular complexity index is 1480. The standard InChI is InChI=1S/C27H33N5O5S/c1-18-15-26(2,3)31(16-18)24-19(25(34)30-38(35,36)21-8-6-5-7-20(21)33)9-10-22(28-24)32-14-11-23(29-32)37-17-27(4)12-13-27/h5-11,14,18,33H,12-13,15-17H2,1-4H3,(H,30,34)/t18-/m0/s1. The van der Waals surface area contributed by atoms with Gasteiger partial charge in [0.05, 0.1) is 12.2 Å². The molecule has 0 unspecified atom stereocenters. The summed E-state index contributed by atoms with van der Waals surface area (Å²) in [5.74, 6) is 0.411. The van der Waals surface area contributed by atoms with Crippen molar-refractivity contribution < 1.29 is 23.1 Å². The fourth-order valence-electron chi connectivity index (χ4n) is 4.94. The van der Waals surface area contributed by atoms with Crippen LogP contribution >= 0.6 is 0 Å². The molecule has 10 nitrogen and oxygen atoms in total. The summed E-state index contributed by atoms with van der Waals surface area (Å²) in [5, 5.41) is 14.5. The van der Waals surface area contributed by atoms with Crippen molar-refractivity contribution in [1.82, 2.24) is 19.5 Å². The zero-order valence-corrected chi connectivity index (χ0v) is 22.8. The molecule has 2 fully saturated rings. The van der Waals surface area contributed by atoms with Gasteiger partial charge in [-0.15, -0.1) is 5.10 Å². The molecule has 202 valence electrons. The first-order valence-corrected chi connectivity index (χ1v) is 14.2. The summed E-state index contributed by atoms with van der Waals surface area (Å²) in [6.45, 7) is 9.72. The Kier molecular flexibility index (Phi) is 6.37. The first-order chi connectivity index (χ1) is 17.9. The zero-order valence-electron chi connectivity index (χ0n) is 22.0. The van der Waals surface area contributed by atoms with Crippen molar-refractivity contribution in [3.05, 3.63) is 54.2 Å². The number of phenols is 1. The first-order valence-electron chi connectivity index (χ1n) is 12.7. The molecular formula is C27H33N5O5S. The average molecular weight is 540 g/mol. The van der Waals surface area contributed by atoms with Crippen molar-refractivity contribution in [3.8, 4) is 17.4 Å². The van der Waals surface area contributed by atoms with Gasteiger partial charge in [0.2, 0.25) is 5.88 Å². The van der Waals surface area contributed by atoms with Crippen LogP contribution in [0.15, 0.2) is 53.6 Å². The highest BCUT2D eigenvalue weighted by Crippen LogP contribution is 2.45. The quantitative estimate of drug-likeness (QED) is 0.441. The minimum atomic E-state index is -4.32. The number of aromatic nitrogens is 3. The Morgan fingerprint density at radius 3 is 2.55 bits per heavy atom. The molecule has 1 saturated carbocycles. The number of amides is 1. The molecule has 1 aromatic carbocycles. The van der Waals surface area contributed by atoms with Crippen molar-refractivity contribution >= 4 is 21.7 Å². The molecule has 2 aromatic heterocycles. The number of para-hydroxylation sites is 1. The highest BCUT2D eigenvalue weighted by molar-refractivity contribution is 7.90. The van der Waals surface area contributed by atoms with Gasteiger partial charge in [0.1, 0.15) is 16.5 Å². The summed E-state index contributed by atoms with van der Waals surface area (Å²) in [5.41, 5.74) is 0.0219. The summed E-state index contributed by atoms with van der Waals surface area (Å²) in [6, 6.07) is 10.4. The predicted molar refractivity (Wildman–Crippen MR) is 142 cm³/mol. The second-order valence-corrected chi connectivity index (χ2v) is 13.0. The third-order valence-electron chi connectivity index (χ3n) is 7.29. The Morgan fingerprint density at radius 2 is 1.89 bits per heavy atom. The minimum absolute atomic E-state index is 0.111. The fourth-order valence-corrected chi connectivity index (χ4v) is 6.01. The number of hydrogen-bond acceptors (Lipinski definition) is 8. The molecule has 11 heteroatoms. The number of anilines is 1. The molecular weight excluding hydrogens is 506 g/mol. The molecule has 2 N–H and O–H groups in total. The maximum absolute atomic E-state index is 13.4. The van der Waals surface area contributed by atoms with Gasteiger partial charge < -0.3 is 14.7 Å². The van der Waals surface area contributed by atoms with E-state index >= 15 is 0 Å². The molecule has 1 saturated heterocycles. The Morgan fingerprint density at radius 1 is 1.16 bits per heavy atom. The van der Waals surface area contributed by atoms with E-state index in [1.54, 1.807) is 29.1 Å². The summed E-state index contributed by atoms with van der Waals surface area (Å²) < 4.78 is 35.4. The largest absolute Gasteiger partial charge is 0.507 e. The summed E-state index contributed by atoms with van der Waals surface area (Å²) in [6.07, 6.45) is 4.92. The molecule has 0 spiro atoms. The van der Waals surface area contributed by atoms with Gasteiger partial charge in [-0.05, 0) is 63.3 Å². The van der Waals surface area contributed by atoms with Crippen molar-refractivity contribution in [2.75, 3.05) is 18.1 Å². The van der Waals surface area contributed by atoms with Crippen molar-refractivity contribution in [2.24, 2.45) is 11.3 Å². The van der Waals surface area contributed by atoms with Crippen LogP contribution in [0.25, 0.3) is 5.82 Å². The maximum Gasteiger partial charge on any atom is 0.268 e. The van der Waals surface area contributed by atoms with Gasteiger partial charge >= 0.3 is 0 Å². The van der Waals surface area contributed by atoms with E-state index < -0.39 is 21.7 Å². The molecule has 5 rings (SSSR count). The van der Waals surface area contributed by atoms with Crippen molar-refractivity contribution in [3.63, 3.8) is 0 Å². The topological polar surface area (TPSA) is 127 Å². The number of hydrogen-bond donors (Lipinski definition) is 2. The fraction of sp³-hybridized carbons (Fsp3) is 0.444. The molecule has 1 aliphatic heterocycles. The Hall–Kier alpha value is -3.60. The van der Waals surface area contributed by atoms with E-state index in [1.165, 1.54) is 24.3 Å². The third kappa shape index (κ3) is 5.20. The van der Waals surface area contributed by atoms with Crippen molar-refractivity contribution in [1.29, 1.82) is 0 Å². The number of sulfonamides is 1. The van der Waals surface area contributed by atoms with Gasteiger partial charge in [-0.2, -0.15) is 0 Å². The summed E-state index contributed by atoms with van der Waals surface area (Å²) in [7, 11) is -4.32. The van der Waals surface area contributed by atoms with Crippen LogP contribution < -0.4 is 14.4 Å². The average Bonchev–Trinajstić information content (AvgIpc) is 3.27. The first kappa shape index (κ1) is 26.0. The maximum atomic E-state index is 13.4. The second-order valence-electron chi connectivity index (χ2n) is 11.4. The number of ether oxygens (including phenoxy) is 1. The SMILES string of the molecule is C[C@@H]1CN(c2nc(-n3ccc(OCC4(C)CC4)n3)ccc2C(=O)NS(=O)(=O)c2ccccc2O)C(C)(C)C1. The van der Waals surface area contributed by atoms with E-state index in [0.717, 1.165) is 19.3 Å². The zero-order chi connectivity index (χ0) is 27.3. The van der Waals surface area contributed by atoms with Crippen LogP contribution in [0, 0.1) is 11.3 Å². The lowest BCUT2D eigenvalue weighted by Gasteiger charge is -2.34. The van der Waals surface area contributed by atoms with Crippen LogP contribution in [0.1, 0.15) is 57.3 Å². The highest BCUT2D eigenvalue weighted by atomic mass is 32.2. The molecule has 3 aromatic rings. The molecule has 38 heavy (non-hydrogen) atoms. The van der Waals surface area contributed by atoms with E-state index in [2.05, 4.69) is 37.5 Å². The lowest BCUT2D eigenvalue weighted by molar-refractivity contribution is 0.0981. The second kappa shape index (κ2) is 9.30. The summed E-state index contributed by atoms with van der Waals surface area (Å²) >= 11 is 0. The summed E-state index contributed by atoms with van der Waals surface area (Å²) in [4.78, 5) is 19.8. The third-order valence-corrected chi connectivity index (χ3v) is 8.67. The van der Waals surface area contributed by atoms with Crippen molar-refractivity contribution in [2.45, 2.75) is 57.4 Å². The number of pyridine rings is 1. The number of nitrogens with one attached hydrogen (secondary N) is 1. The molecule has 0 radical (unpaired) electrons. The lowest BCUT2D eigenvalue weighted by atomic mass is 9.97. The molecule has 1 atom stereocenters. The van der Waals surface area contributed by atoms with Gasteiger partial charge in [-0.25, -0.2) is 22.8 Å². The van der Waals surface area contributed by atoms with E-state index in [4.69, 9.17) is 9.72 Å². The van der Waals surface area contributed by atoms with Crippen LogP contribution in [-0.4, -0.2) is 52.9 Å². The van der Waals surface area contributed by atoms with Crippen LogP contribution in [0.4, 0.5) is 5.82 Å². The van der Waals surface area contributed by atoms with Crippen LogP contribution in [-0.2, 0) is 10.0 Å². The Labute approximate surface area is 222 Å². The molecule has 0 bridgehead atoms. The number of aromatic hydroxyl groups is 1. The highest BCUT2D eigenvalue weighted by Gasteiger charge is 2.40. The number of benzene rings is 1. The van der Waals surface area contributed by atoms with E-state index in [-0.39, 0.29) is 21.4 Å². The van der Waals surface area contributed by atoms with E-state index in [9.17, 15) is 18.3 Å². The molecule has 3 heterocycles. The molecule has 2 aliphatic rings. The lowest BCUT2D eigenvalue weighted by Crippen LogP contribution is -2.41. The predicted octanol–water partition coefficient (Wildman–Crippen LogP) is 3.90. The Balaban J connectivity index is 1.48. The van der Waals surface area contributed by atoms with Crippen LogP contribution in [0.3, 0.4) is 0 Å². The van der Waals surface area contributed by atoms with Crippen LogP contribution in [0.5, 0.6) is 11.6 Å². The number of nitrogens with zero attached hydrogens (tertiary/aromatic N) is 4. The van der Waals surface area contributed by atoms with E-state index in [0.29, 0.717) is 36.6 Å².